The zero-order valence-electron chi connectivity index (χ0n) is 10.4. The van der Waals surface area contributed by atoms with Crippen molar-refractivity contribution in [2.45, 2.75) is 6.42 Å². The number of ether oxygens (including phenoxy) is 1. The highest BCUT2D eigenvalue weighted by molar-refractivity contribution is 5.45. The smallest absolute Gasteiger partial charge is 0.149 e. The van der Waals surface area contributed by atoms with Crippen molar-refractivity contribution >= 4 is 5.69 Å². The van der Waals surface area contributed by atoms with Crippen LogP contribution < -0.4 is 10.1 Å². The standard InChI is InChI=1S/C15H15F2NO/c16-13-8-4-9-14(17)15(13)18-10-5-11-19-12-6-2-1-3-7-12/h1-4,6-9,18H,5,10-11H2. The van der Waals surface area contributed by atoms with Gasteiger partial charge in [-0.15, -0.1) is 0 Å². The Labute approximate surface area is 111 Å². The van der Waals surface area contributed by atoms with Gasteiger partial charge in [-0.2, -0.15) is 0 Å². The SMILES string of the molecule is Fc1cccc(F)c1NCCCOc1ccccc1. The van der Waals surface area contributed by atoms with E-state index in [0.717, 1.165) is 5.75 Å². The molecular formula is C15H15F2NO. The highest BCUT2D eigenvalue weighted by Crippen LogP contribution is 2.17. The van der Waals surface area contributed by atoms with E-state index in [1.54, 1.807) is 0 Å². The molecule has 0 unspecified atom stereocenters. The average Bonchev–Trinajstić information content (AvgIpc) is 2.42. The molecule has 0 aliphatic carbocycles. The molecule has 0 aromatic heterocycles. The van der Waals surface area contributed by atoms with Gasteiger partial charge in [0.25, 0.3) is 0 Å². The predicted octanol–water partition coefficient (Wildman–Crippen LogP) is 3.85. The molecule has 0 heterocycles. The first kappa shape index (κ1) is 13.3. The van der Waals surface area contributed by atoms with Gasteiger partial charge >= 0.3 is 0 Å². The lowest BCUT2D eigenvalue weighted by atomic mass is 10.3. The van der Waals surface area contributed by atoms with E-state index in [1.807, 2.05) is 30.3 Å². The van der Waals surface area contributed by atoms with Crippen molar-refractivity contribution in [1.82, 2.24) is 0 Å². The summed E-state index contributed by atoms with van der Waals surface area (Å²) < 4.78 is 32.1. The minimum atomic E-state index is -0.580. The molecule has 2 aromatic rings. The Hall–Kier alpha value is -2.10. The molecule has 0 aliphatic heterocycles. The van der Waals surface area contributed by atoms with Crippen molar-refractivity contribution in [3.8, 4) is 5.75 Å². The van der Waals surface area contributed by atoms with Gasteiger partial charge in [0.1, 0.15) is 23.1 Å². The Morgan fingerprint density at radius 2 is 1.58 bits per heavy atom. The highest BCUT2D eigenvalue weighted by atomic mass is 19.1. The Morgan fingerprint density at radius 3 is 2.26 bits per heavy atom. The third kappa shape index (κ3) is 3.95. The fraction of sp³-hybridized carbons (Fsp3) is 0.200. The van der Waals surface area contributed by atoms with E-state index >= 15 is 0 Å². The quantitative estimate of drug-likeness (QED) is 0.799. The molecule has 2 rings (SSSR count). The van der Waals surface area contributed by atoms with Crippen LogP contribution in [0.4, 0.5) is 14.5 Å². The molecule has 0 radical (unpaired) electrons. The summed E-state index contributed by atoms with van der Waals surface area (Å²) in [6, 6.07) is 13.2. The lowest BCUT2D eigenvalue weighted by molar-refractivity contribution is 0.315. The molecule has 0 bridgehead atoms. The third-order valence-electron chi connectivity index (χ3n) is 2.60. The maximum Gasteiger partial charge on any atom is 0.149 e. The van der Waals surface area contributed by atoms with Gasteiger partial charge in [-0.1, -0.05) is 24.3 Å². The first-order valence-electron chi connectivity index (χ1n) is 6.13. The molecule has 0 atom stereocenters. The maximum atomic E-state index is 13.3. The number of rotatable bonds is 6. The average molecular weight is 263 g/mol. The first-order chi connectivity index (χ1) is 9.27. The fourth-order valence-corrected chi connectivity index (χ4v) is 1.66. The fourth-order valence-electron chi connectivity index (χ4n) is 1.66. The molecule has 19 heavy (non-hydrogen) atoms. The number of hydrogen-bond donors (Lipinski definition) is 1. The molecule has 0 spiro atoms. The van der Waals surface area contributed by atoms with Crippen LogP contribution in [0.15, 0.2) is 48.5 Å². The van der Waals surface area contributed by atoms with Crippen molar-refractivity contribution in [3.63, 3.8) is 0 Å². The van der Waals surface area contributed by atoms with Gasteiger partial charge in [-0.25, -0.2) is 8.78 Å². The zero-order chi connectivity index (χ0) is 13.5. The van der Waals surface area contributed by atoms with E-state index in [1.165, 1.54) is 18.2 Å². The van der Waals surface area contributed by atoms with Gasteiger partial charge < -0.3 is 10.1 Å². The topological polar surface area (TPSA) is 21.3 Å². The normalized spacial score (nSPS) is 10.2. The second-order valence-electron chi connectivity index (χ2n) is 4.04. The summed E-state index contributed by atoms with van der Waals surface area (Å²) in [5, 5.41) is 2.74. The van der Waals surface area contributed by atoms with E-state index in [4.69, 9.17) is 4.74 Å². The lowest BCUT2D eigenvalue weighted by Gasteiger charge is -2.09. The van der Waals surface area contributed by atoms with Crippen molar-refractivity contribution in [2.24, 2.45) is 0 Å². The van der Waals surface area contributed by atoms with Crippen molar-refractivity contribution < 1.29 is 13.5 Å². The number of nitrogens with one attached hydrogen (secondary N) is 1. The molecular weight excluding hydrogens is 248 g/mol. The summed E-state index contributed by atoms with van der Waals surface area (Å²) in [5.74, 6) is -0.368. The van der Waals surface area contributed by atoms with E-state index in [2.05, 4.69) is 5.32 Å². The van der Waals surface area contributed by atoms with Crippen LogP contribution in [0.1, 0.15) is 6.42 Å². The monoisotopic (exact) mass is 263 g/mol. The number of halogens is 2. The van der Waals surface area contributed by atoms with Gasteiger partial charge in [0.05, 0.1) is 6.61 Å². The minimum absolute atomic E-state index is 0.0813. The maximum absolute atomic E-state index is 13.3. The zero-order valence-corrected chi connectivity index (χ0v) is 10.4. The molecule has 4 heteroatoms. The van der Waals surface area contributed by atoms with E-state index < -0.39 is 11.6 Å². The molecule has 100 valence electrons. The van der Waals surface area contributed by atoms with Crippen LogP contribution in [-0.2, 0) is 0 Å². The highest BCUT2D eigenvalue weighted by Gasteiger charge is 2.06. The molecule has 0 fully saturated rings. The van der Waals surface area contributed by atoms with Crippen molar-refractivity contribution in [1.29, 1.82) is 0 Å². The molecule has 2 aromatic carbocycles. The molecule has 0 aliphatic rings. The number of hydrogen-bond acceptors (Lipinski definition) is 2. The summed E-state index contributed by atoms with van der Waals surface area (Å²) in [7, 11) is 0. The van der Waals surface area contributed by atoms with Crippen LogP contribution >= 0.6 is 0 Å². The summed E-state index contributed by atoms with van der Waals surface area (Å²) in [5.41, 5.74) is -0.0813. The molecule has 0 saturated carbocycles. The Bertz CT molecular complexity index is 497. The van der Waals surface area contributed by atoms with Crippen molar-refractivity contribution in [3.05, 3.63) is 60.2 Å². The largest absolute Gasteiger partial charge is 0.494 e. The third-order valence-corrected chi connectivity index (χ3v) is 2.60. The Kier molecular flexibility index (Phi) is 4.72. The van der Waals surface area contributed by atoms with Crippen molar-refractivity contribution in [2.75, 3.05) is 18.5 Å². The number of anilines is 1. The van der Waals surface area contributed by atoms with Crippen LogP contribution in [0, 0.1) is 11.6 Å². The van der Waals surface area contributed by atoms with Crippen LogP contribution in [0.3, 0.4) is 0 Å². The first-order valence-corrected chi connectivity index (χ1v) is 6.13. The summed E-state index contributed by atoms with van der Waals surface area (Å²) in [4.78, 5) is 0. The number of para-hydroxylation sites is 2. The molecule has 0 amide bonds. The molecule has 2 nitrogen and oxygen atoms in total. The van der Waals surface area contributed by atoms with E-state index in [0.29, 0.717) is 19.6 Å². The predicted molar refractivity (Wildman–Crippen MR) is 71.4 cm³/mol. The van der Waals surface area contributed by atoms with E-state index in [9.17, 15) is 8.78 Å². The minimum Gasteiger partial charge on any atom is -0.494 e. The van der Waals surface area contributed by atoms with Gasteiger partial charge in [0.15, 0.2) is 0 Å². The lowest BCUT2D eigenvalue weighted by Crippen LogP contribution is -2.09. The number of benzene rings is 2. The van der Waals surface area contributed by atoms with Crippen LogP contribution in [0.2, 0.25) is 0 Å². The van der Waals surface area contributed by atoms with Crippen LogP contribution in [0.25, 0.3) is 0 Å². The van der Waals surface area contributed by atoms with Crippen LogP contribution in [-0.4, -0.2) is 13.2 Å². The second kappa shape index (κ2) is 6.73. The Balaban J connectivity index is 1.73. The van der Waals surface area contributed by atoms with Crippen LogP contribution in [0.5, 0.6) is 5.75 Å². The molecule has 0 saturated heterocycles. The van der Waals surface area contributed by atoms with Gasteiger partial charge in [0.2, 0.25) is 0 Å². The summed E-state index contributed by atoms with van der Waals surface area (Å²) in [6.07, 6.45) is 0.655. The van der Waals surface area contributed by atoms with E-state index in [-0.39, 0.29) is 5.69 Å². The summed E-state index contributed by atoms with van der Waals surface area (Å²) in [6.45, 7) is 0.942. The second-order valence-corrected chi connectivity index (χ2v) is 4.04. The van der Waals surface area contributed by atoms with Gasteiger partial charge in [0, 0.05) is 6.54 Å². The van der Waals surface area contributed by atoms with Gasteiger partial charge in [-0.3, -0.25) is 0 Å². The Morgan fingerprint density at radius 1 is 0.895 bits per heavy atom. The molecule has 1 N–H and O–H groups in total. The summed E-state index contributed by atoms with van der Waals surface area (Å²) >= 11 is 0. The van der Waals surface area contributed by atoms with Gasteiger partial charge in [-0.05, 0) is 30.7 Å².